The zero-order valence-corrected chi connectivity index (χ0v) is 9.35. The molecule has 0 saturated heterocycles. The molecule has 0 amide bonds. The summed E-state index contributed by atoms with van der Waals surface area (Å²) in [4.78, 5) is 4.17. The first kappa shape index (κ1) is 10.7. The van der Waals surface area contributed by atoms with Gasteiger partial charge in [-0.05, 0) is 35.9 Å². The van der Waals surface area contributed by atoms with Gasteiger partial charge in [-0.2, -0.15) is 0 Å². The smallest absolute Gasteiger partial charge is 0.124 e. The van der Waals surface area contributed by atoms with E-state index >= 15 is 0 Å². The van der Waals surface area contributed by atoms with Crippen LogP contribution in [0.1, 0.15) is 11.3 Å². The molecule has 2 nitrogen and oxygen atoms in total. The van der Waals surface area contributed by atoms with Crippen molar-refractivity contribution in [3.05, 3.63) is 58.7 Å². The van der Waals surface area contributed by atoms with Crippen molar-refractivity contribution in [1.29, 1.82) is 0 Å². The predicted molar refractivity (Wildman–Crippen MR) is 69.0 cm³/mol. The minimum Gasteiger partial charge on any atom is -0.384 e. The number of rotatable bonds is 2. The van der Waals surface area contributed by atoms with Gasteiger partial charge < -0.3 is 5.73 Å². The van der Waals surface area contributed by atoms with E-state index in [9.17, 15) is 0 Å². The number of aromatic nitrogens is 1. The molecule has 0 unspecified atom stereocenters. The third-order valence-corrected chi connectivity index (χ3v) is 2.32. The first-order chi connectivity index (χ1) is 7.74. The maximum absolute atomic E-state index is 5.88. The summed E-state index contributed by atoms with van der Waals surface area (Å²) < 4.78 is 0. The third kappa shape index (κ3) is 2.84. The van der Waals surface area contributed by atoms with Crippen molar-refractivity contribution in [3.8, 4) is 0 Å². The van der Waals surface area contributed by atoms with Crippen LogP contribution in [0, 0.1) is 0 Å². The molecule has 0 aliphatic heterocycles. The number of pyridine rings is 1. The number of halogens is 1. The summed E-state index contributed by atoms with van der Waals surface area (Å²) in [5.74, 6) is 0.522. The van der Waals surface area contributed by atoms with Crippen molar-refractivity contribution in [3.63, 3.8) is 0 Å². The van der Waals surface area contributed by atoms with E-state index in [0.717, 1.165) is 16.3 Å². The standard InChI is InChI=1S/C13H11ClN2/c14-11-4-1-3-10(9-11)7-8-12-5-2-6-13(15)16-12/h1-9H,(H2,15,16). The molecule has 2 N–H and O–H groups in total. The van der Waals surface area contributed by atoms with Crippen LogP contribution in [0.15, 0.2) is 42.5 Å². The summed E-state index contributed by atoms with van der Waals surface area (Å²) in [6.07, 6.45) is 3.86. The molecule has 0 radical (unpaired) electrons. The molecule has 2 aromatic rings. The Hall–Kier alpha value is -1.80. The molecule has 2 rings (SSSR count). The second-order valence-electron chi connectivity index (χ2n) is 3.38. The summed E-state index contributed by atoms with van der Waals surface area (Å²) in [7, 11) is 0. The Kier molecular flexibility index (Phi) is 3.22. The number of benzene rings is 1. The Morgan fingerprint density at radius 1 is 1.06 bits per heavy atom. The summed E-state index contributed by atoms with van der Waals surface area (Å²) in [6, 6.07) is 13.2. The fraction of sp³-hybridized carbons (Fsp3) is 0. The van der Waals surface area contributed by atoms with Crippen molar-refractivity contribution in [1.82, 2.24) is 4.98 Å². The van der Waals surface area contributed by atoms with E-state index in [-0.39, 0.29) is 0 Å². The summed E-state index contributed by atoms with van der Waals surface area (Å²) in [6.45, 7) is 0. The van der Waals surface area contributed by atoms with E-state index in [1.54, 1.807) is 6.07 Å². The molecule has 80 valence electrons. The number of hydrogen-bond acceptors (Lipinski definition) is 2. The van der Waals surface area contributed by atoms with Gasteiger partial charge >= 0.3 is 0 Å². The average molecular weight is 231 g/mol. The van der Waals surface area contributed by atoms with Crippen molar-refractivity contribution < 1.29 is 0 Å². The van der Waals surface area contributed by atoms with Crippen LogP contribution in [0.4, 0.5) is 5.82 Å². The summed E-state index contributed by atoms with van der Waals surface area (Å²) in [5.41, 5.74) is 7.46. The van der Waals surface area contributed by atoms with Gasteiger partial charge in [-0.1, -0.05) is 35.9 Å². The molecule has 1 aromatic heterocycles. The van der Waals surface area contributed by atoms with Gasteiger partial charge in [0.2, 0.25) is 0 Å². The second-order valence-corrected chi connectivity index (χ2v) is 3.81. The number of anilines is 1. The minimum atomic E-state index is 0.522. The maximum atomic E-state index is 5.88. The number of nitrogen functional groups attached to an aromatic ring is 1. The van der Waals surface area contributed by atoms with Gasteiger partial charge in [-0.15, -0.1) is 0 Å². The van der Waals surface area contributed by atoms with E-state index < -0.39 is 0 Å². The monoisotopic (exact) mass is 230 g/mol. The lowest BCUT2D eigenvalue weighted by Gasteiger charge is -1.96. The first-order valence-corrected chi connectivity index (χ1v) is 5.28. The van der Waals surface area contributed by atoms with E-state index in [1.165, 1.54) is 0 Å². The topological polar surface area (TPSA) is 38.9 Å². The molecule has 16 heavy (non-hydrogen) atoms. The fourth-order valence-corrected chi connectivity index (χ4v) is 1.55. The Labute approximate surface area is 99.4 Å². The van der Waals surface area contributed by atoms with Crippen molar-refractivity contribution in [2.24, 2.45) is 0 Å². The highest BCUT2D eigenvalue weighted by molar-refractivity contribution is 6.30. The molecule has 0 spiro atoms. The normalized spacial score (nSPS) is 10.8. The van der Waals surface area contributed by atoms with Crippen LogP contribution in [0.3, 0.4) is 0 Å². The molecule has 0 fully saturated rings. The third-order valence-electron chi connectivity index (χ3n) is 2.09. The quantitative estimate of drug-likeness (QED) is 0.858. The van der Waals surface area contributed by atoms with E-state index in [4.69, 9.17) is 17.3 Å². The van der Waals surface area contributed by atoms with Crippen LogP contribution in [-0.2, 0) is 0 Å². The van der Waals surface area contributed by atoms with Gasteiger partial charge in [0, 0.05) is 5.02 Å². The molecule has 3 heteroatoms. The lowest BCUT2D eigenvalue weighted by Crippen LogP contribution is -1.90. The van der Waals surface area contributed by atoms with Gasteiger partial charge in [-0.3, -0.25) is 0 Å². The van der Waals surface area contributed by atoms with Crippen molar-refractivity contribution in [2.45, 2.75) is 0 Å². The Morgan fingerprint density at radius 2 is 1.88 bits per heavy atom. The van der Waals surface area contributed by atoms with Gasteiger partial charge in [0.25, 0.3) is 0 Å². The molecule has 0 aliphatic rings. The Morgan fingerprint density at radius 3 is 2.62 bits per heavy atom. The van der Waals surface area contributed by atoms with Gasteiger partial charge in [-0.25, -0.2) is 4.98 Å². The highest BCUT2D eigenvalue weighted by Gasteiger charge is 1.91. The first-order valence-electron chi connectivity index (χ1n) is 4.90. The molecular weight excluding hydrogens is 220 g/mol. The predicted octanol–water partition coefficient (Wildman–Crippen LogP) is 3.49. The fourth-order valence-electron chi connectivity index (χ4n) is 1.35. The lowest BCUT2D eigenvalue weighted by atomic mass is 10.2. The van der Waals surface area contributed by atoms with Crippen LogP contribution in [-0.4, -0.2) is 4.98 Å². The lowest BCUT2D eigenvalue weighted by molar-refractivity contribution is 1.31. The van der Waals surface area contributed by atoms with Crippen LogP contribution in [0.5, 0.6) is 0 Å². The zero-order valence-electron chi connectivity index (χ0n) is 8.60. The molecule has 0 atom stereocenters. The summed E-state index contributed by atoms with van der Waals surface area (Å²) in [5, 5.41) is 0.725. The van der Waals surface area contributed by atoms with Crippen LogP contribution >= 0.6 is 11.6 Å². The zero-order chi connectivity index (χ0) is 11.4. The number of hydrogen-bond donors (Lipinski definition) is 1. The summed E-state index contributed by atoms with van der Waals surface area (Å²) >= 11 is 5.88. The van der Waals surface area contributed by atoms with Crippen molar-refractivity contribution >= 4 is 29.6 Å². The van der Waals surface area contributed by atoms with Crippen LogP contribution in [0.2, 0.25) is 5.02 Å². The molecule has 1 aromatic carbocycles. The van der Waals surface area contributed by atoms with Crippen LogP contribution < -0.4 is 5.73 Å². The SMILES string of the molecule is Nc1cccc(C=Cc2cccc(Cl)c2)n1. The van der Waals surface area contributed by atoms with E-state index in [1.807, 2.05) is 48.6 Å². The van der Waals surface area contributed by atoms with E-state index in [2.05, 4.69) is 4.98 Å². The molecule has 0 aliphatic carbocycles. The number of nitrogens with zero attached hydrogens (tertiary/aromatic N) is 1. The number of nitrogens with two attached hydrogens (primary N) is 1. The van der Waals surface area contributed by atoms with Gasteiger partial charge in [0.1, 0.15) is 5.82 Å². The Bertz CT molecular complexity index is 473. The second kappa shape index (κ2) is 4.81. The van der Waals surface area contributed by atoms with E-state index in [0.29, 0.717) is 5.82 Å². The van der Waals surface area contributed by atoms with Crippen LogP contribution in [0.25, 0.3) is 12.2 Å². The highest BCUT2D eigenvalue weighted by Crippen LogP contribution is 2.13. The molecule has 0 bridgehead atoms. The largest absolute Gasteiger partial charge is 0.384 e. The minimum absolute atomic E-state index is 0.522. The van der Waals surface area contributed by atoms with Gasteiger partial charge in [0.15, 0.2) is 0 Å². The average Bonchev–Trinajstić information content (AvgIpc) is 2.27. The molecule has 0 saturated carbocycles. The van der Waals surface area contributed by atoms with Gasteiger partial charge in [0.05, 0.1) is 5.69 Å². The highest BCUT2D eigenvalue weighted by atomic mass is 35.5. The molecule has 1 heterocycles. The molecular formula is C13H11ClN2. The van der Waals surface area contributed by atoms with Crippen molar-refractivity contribution in [2.75, 3.05) is 5.73 Å². The maximum Gasteiger partial charge on any atom is 0.124 e. The Balaban J connectivity index is 2.21.